The summed E-state index contributed by atoms with van der Waals surface area (Å²) in [5.41, 5.74) is 11.6. The first-order chi connectivity index (χ1) is 18.8. The van der Waals surface area contributed by atoms with Gasteiger partial charge in [-0.2, -0.15) is 0 Å². The van der Waals surface area contributed by atoms with Gasteiger partial charge in [-0.05, 0) is 81.6 Å². The van der Waals surface area contributed by atoms with Crippen molar-refractivity contribution in [2.75, 3.05) is 5.32 Å². The van der Waals surface area contributed by atoms with Crippen LogP contribution in [0.3, 0.4) is 0 Å². The maximum atomic E-state index is 6.43. The largest absolute Gasteiger partial charge is 0.453 e. The summed E-state index contributed by atoms with van der Waals surface area (Å²) in [5, 5.41) is 3.54. The average Bonchev–Trinajstić information content (AvgIpc) is 3.00. The summed E-state index contributed by atoms with van der Waals surface area (Å²) in [6.07, 6.45) is 9.04. The SMILES string of the molecule is C1=CC(c2ccc(-c3ccc4c(c3)Oc3cc(-c5ccc(-c6ccccc6)cc5)ccc3N4)cc2)=CCC1. The molecule has 0 radical (unpaired) electrons. The quantitative estimate of drug-likeness (QED) is 0.266. The van der Waals surface area contributed by atoms with Crippen molar-refractivity contribution in [3.63, 3.8) is 0 Å². The van der Waals surface area contributed by atoms with E-state index in [1.165, 1.54) is 33.4 Å². The molecule has 0 fully saturated rings. The van der Waals surface area contributed by atoms with Gasteiger partial charge in [-0.1, -0.05) is 109 Å². The number of fused-ring (bicyclic) bond motifs is 2. The Hall–Kier alpha value is -4.82. The molecule has 0 atom stereocenters. The smallest absolute Gasteiger partial charge is 0.151 e. The minimum Gasteiger partial charge on any atom is -0.453 e. The second-order valence-corrected chi connectivity index (χ2v) is 9.81. The van der Waals surface area contributed by atoms with E-state index < -0.39 is 0 Å². The Morgan fingerprint density at radius 3 is 1.53 bits per heavy atom. The predicted octanol–water partition coefficient (Wildman–Crippen LogP) is 10.3. The molecule has 0 unspecified atom stereocenters. The van der Waals surface area contributed by atoms with E-state index in [1.807, 2.05) is 6.07 Å². The molecule has 182 valence electrons. The fourth-order valence-corrected chi connectivity index (χ4v) is 5.21. The predicted molar refractivity (Wildman–Crippen MR) is 159 cm³/mol. The molecule has 1 aliphatic heterocycles. The van der Waals surface area contributed by atoms with Gasteiger partial charge in [-0.15, -0.1) is 0 Å². The second kappa shape index (κ2) is 9.57. The van der Waals surface area contributed by atoms with E-state index in [1.54, 1.807) is 0 Å². The summed E-state index contributed by atoms with van der Waals surface area (Å²) in [4.78, 5) is 0. The van der Waals surface area contributed by atoms with Gasteiger partial charge in [0.25, 0.3) is 0 Å². The number of nitrogens with one attached hydrogen (secondary N) is 1. The molecule has 5 aromatic carbocycles. The topological polar surface area (TPSA) is 21.3 Å². The van der Waals surface area contributed by atoms with Crippen LogP contribution in [0.5, 0.6) is 11.5 Å². The highest BCUT2D eigenvalue weighted by molar-refractivity contribution is 5.83. The van der Waals surface area contributed by atoms with Crippen LogP contribution in [0.2, 0.25) is 0 Å². The molecule has 38 heavy (non-hydrogen) atoms. The molecular weight excluding hydrogens is 462 g/mol. The molecule has 5 aromatic rings. The van der Waals surface area contributed by atoms with Crippen LogP contribution in [0.1, 0.15) is 18.4 Å². The van der Waals surface area contributed by atoms with Crippen LogP contribution in [-0.2, 0) is 0 Å². The van der Waals surface area contributed by atoms with Gasteiger partial charge in [0, 0.05) is 0 Å². The number of anilines is 2. The fourth-order valence-electron chi connectivity index (χ4n) is 5.21. The Kier molecular flexibility index (Phi) is 5.64. The number of benzene rings is 5. The molecule has 0 amide bonds. The Morgan fingerprint density at radius 2 is 0.974 bits per heavy atom. The zero-order valence-electron chi connectivity index (χ0n) is 21.0. The molecule has 7 rings (SSSR count). The number of ether oxygens (including phenoxy) is 1. The highest BCUT2D eigenvalue weighted by atomic mass is 16.5. The Morgan fingerprint density at radius 1 is 0.474 bits per heavy atom. The van der Waals surface area contributed by atoms with Gasteiger partial charge in [-0.25, -0.2) is 0 Å². The summed E-state index contributed by atoms with van der Waals surface area (Å²) in [6, 6.07) is 40.7. The summed E-state index contributed by atoms with van der Waals surface area (Å²) in [6.45, 7) is 0. The molecule has 2 nitrogen and oxygen atoms in total. The minimum absolute atomic E-state index is 0.839. The minimum atomic E-state index is 0.839. The van der Waals surface area contributed by atoms with Crippen LogP contribution in [0.15, 0.2) is 133 Å². The maximum absolute atomic E-state index is 6.43. The molecule has 2 heteroatoms. The Labute approximate surface area is 223 Å². The van der Waals surface area contributed by atoms with Crippen molar-refractivity contribution < 1.29 is 4.74 Å². The van der Waals surface area contributed by atoms with Gasteiger partial charge >= 0.3 is 0 Å². The van der Waals surface area contributed by atoms with E-state index in [0.717, 1.165) is 46.8 Å². The average molecular weight is 490 g/mol. The van der Waals surface area contributed by atoms with Crippen molar-refractivity contribution in [3.05, 3.63) is 139 Å². The van der Waals surface area contributed by atoms with Gasteiger partial charge < -0.3 is 10.1 Å². The molecule has 0 spiro atoms. The van der Waals surface area contributed by atoms with Crippen molar-refractivity contribution in [2.45, 2.75) is 12.8 Å². The third-order valence-electron chi connectivity index (χ3n) is 7.32. The molecule has 0 aromatic heterocycles. The van der Waals surface area contributed by atoms with Crippen LogP contribution in [0.25, 0.3) is 39.0 Å². The highest BCUT2D eigenvalue weighted by Crippen LogP contribution is 2.45. The monoisotopic (exact) mass is 489 g/mol. The maximum Gasteiger partial charge on any atom is 0.151 e. The van der Waals surface area contributed by atoms with E-state index in [2.05, 4.69) is 133 Å². The van der Waals surface area contributed by atoms with Crippen molar-refractivity contribution in [2.24, 2.45) is 0 Å². The lowest BCUT2D eigenvalue weighted by atomic mass is 9.96. The lowest BCUT2D eigenvalue weighted by Crippen LogP contribution is -2.03. The van der Waals surface area contributed by atoms with Gasteiger partial charge in [-0.3, -0.25) is 0 Å². The Balaban J connectivity index is 1.13. The van der Waals surface area contributed by atoms with Crippen LogP contribution in [-0.4, -0.2) is 0 Å². The van der Waals surface area contributed by atoms with Crippen LogP contribution < -0.4 is 10.1 Å². The number of rotatable bonds is 4. The van der Waals surface area contributed by atoms with Crippen molar-refractivity contribution >= 4 is 16.9 Å². The molecule has 1 N–H and O–H groups in total. The zero-order valence-corrected chi connectivity index (χ0v) is 21.0. The van der Waals surface area contributed by atoms with E-state index in [9.17, 15) is 0 Å². The van der Waals surface area contributed by atoms with E-state index in [0.29, 0.717) is 0 Å². The molecular formula is C36H27NO. The normalized spacial score (nSPS) is 13.5. The van der Waals surface area contributed by atoms with Crippen LogP contribution in [0, 0.1) is 0 Å². The summed E-state index contributed by atoms with van der Waals surface area (Å²) >= 11 is 0. The van der Waals surface area contributed by atoms with E-state index in [4.69, 9.17) is 4.74 Å². The van der Waals surface area contributed by atoms with E-state index >= 15 is 0 Å². The molecule has 1 heterocycles. The first kappa shape index (κ1) is 22.4. The van der Waals surface area contributed by atoms with Crippen LogP contribution in [0.4, 0.5) is 11.4 Å². The molecule has 1 aliphatic carbocycles. The van der Waals surface area contributed by atoms with Crippen LogP contribution >= 0.6 is 0 Å². The Bertz CT molecular complexity index is 1680. The highest BCUT2D eigenvalue weighted by Gasteiger charge is 2.18. The summed E-state index contributed by atoms with van der Waals surface area (Å²) in [5.74, 6) is 1.68. The standard InChI is InChI=1S/C36H27NO/c1-3-7-25(8-4-1)27-11-15-29(16-12-27)31-19-21-33-35(23-31)38-36-24-32(20-22-34(36)37-33)30-17-13-28(14-18-30)26-9-5-2-6-10-26/h1,3-5,7-24,37H,2,6H2. The molecule has 0 bridgehead atoms. The molecule has 2 aliphatic rings. The molecule has 0 saturated heterocycles. The van der Waals surface area contributed by atoms with E-state index in [-0.39, 0.29) is 0 Å². The van der Waals surface area contributed by atoms with Gasteiger partial charge in [0.1, 0.15) is 0 Å². The fraction of sp³-hybridized carbons (Fsp3) is 0.0556. The van der Waals surface area contributed by atoms with Gasteiger partial charge in [0.2, 0.25) is 0 Å². The van der Waals surface area contributed by atoms with Crippen molar-refractivity contribution in [1.29, 1.82) is 0 Å². The first-order valence-corrected chi connectivity index (χ1v) is 13.2. The third-order valence-corrected chi connectivity index (χ3v) is 7.32. The third kappa shape index (κ3) is 4.31. The lowest BCUT2D eigenvalue weighted by molar-refractivity contribution is 0.481. The molecule has 0 saturated carbocycles. The number of hydrogen-bond acceptors (Lipinski definition) is 2. The van der Waals surface area contributed by atoms with Gasteiger partial charge in [0.05, 0.1) is 11.4 Å². The number of hydrogen-bond donors (Lipinski definition) is 1. The summed E-state index contributed by atoms with van der Waals surface area (Å²) < 4.78 is 6.43. The summed E-state index contributed by atoms with van der Waals surface area (Å²) in [7, 11) is 0. The van der Waals surface area contributed by atoms with Gasteiger partial charge in [0.15, 0.2) is 11.5 Å². The first-order valence-electron chi connectivity index (χ1n) is 13.2. The zero-order chi connectivity index (χ0) is 25.3. The van der Waals surface area contributed by atoms with Crippen molar-refractivity contribution in [1.82, 2.24) is 0 Å². The second-order valence-electron chi connectivity index (χ2n) is 9.81. The van der Waals surface area contributed by atoms with Crippen molar-refractivity contribution in [3.8, 4) is 44.9 Å². The lowest BCUT2D eigenvalue weighted by Gasteiger charge is -2.23. The number of allylic oxidation sites excluding steroid dienone is 4.